The number of rotatable bonds is 6. The molecule has 2 rings (SSSR count). The van der Waals surface area contributed by atoms with E-state index in [0.29, 0.717) is 12.1 Å². The van der Waals surface area contributed by atoms with Crippen molar-refractivity contribution >= 4 is 11.6 Å². The van der Waals surface area contributed by atoms with Gasteiger partial charge in [0.2, 0.25) is 5.91 Å². The fourth-order valence-electron chi connectivity index (χ4n) is 2.19. The number of para-hydroxylation sites is 1. The molecule has 0 aromatic heterocycles. The molecule has 0 fully saturated rings. The molecule has 3 nitrogen and oxygen atoms in total. The van der Waals surface area contributed by atoms with Gasteiger partial charge in [-0.25, -0.2) is 4.39 Å². The van der Waals surface area contributed by atoms with Crippen LogP contribution in [0.25, 0.3) is 0 Å². The van der Waals surface area contributed by atoms with Gasteiger partial charge in [-0.2, -0.15) is 0 Å². The number of carbonyl (C=O) groups excluding carboxylic acids is 1. The lowest BCUT2D eigenvalue weighted by Gasteiger charge is -2.27. The van der Waals surface area contributed by atoms with Crippen molar-refractivity contribution in [3.63, 3.8) is 0 Å². The fourth-order valence-corrected chi connectivity index (χ4v) is 2.19. The summed E-state index contributed by atoms with van der Waals surface area (Å²) in [4.78, 5) is 14.0. The second-order valence-electron chi connectivity index (χ2n) is 5.37. The molecule has 0 aliphatic rings. The van der Waals surface area contributed by atoms with Gasteiger partial charge in [0, 0.05) is 25.3 Å². The highest BCUT2D eigenvalue weighted by Gasteiger charge is 2.12. The van der Waals surface area contributed by atoms with Crippen molar-refractivity contribution in [2.75, 3.05) is 18.5 Å². The number of nitrogens with one attached hydrogen (secondary N) is 1. The first kappa shape index (κ1) is 16.0. The summed E-state index contributed by atoms with van der Waals surface area (Å²) in [6.45, 7) is 2.55. The summed E-state index contributed by atoms with van der Waals surface area (Å²) in [5, 5.41) is 2.86. The average Bonchev–Trinajstić information content (AvgIpc) is 2.55. The average molecular weight is 300 g/mol. The molecule has 0 aliphatic carbocycles. The zero-order valence-corrected chi connectivity index (χ0v) is 12.9. The van der Waals surface area contributed by atoms with E-state index in [9.17, 15) is 9.18 Å². The molecule has 2 aromatic carbocycles. The van der Waals surface area contributed by atoms with Gasteiger partial charge in [-0.05, 0) is 30.7 Å². The van der Waals surface area contributed by atoms with Crippen molar-refractivity contribution < 1.29 is 9.18 Å². The molecule has 0 saturated carbocycles. The zero-order valence-electron chi connectivity index (χ0n) is 12.9. The van der Waals surface area contributed by atoms with Gasteiger partial charge in [-0.15, -0.1) is 0 Å². The Labute approximate surface area is 130 Å². The first-order valence-corrected chi connectivity index (χ1v) is 7.36. The summed E-state index contributed by atoms with van der Waals surface area (Å²) >= 11 is 0. The van der Waals surface area contributed by atoms with Crippen LogP contribution in [-0.2, 0) is 11.2 Å². The van der Waals surface area contributed by atoms with Gasteiger partial charge in [0.05, 0.1) is 6.42 Å². The van der Waals surface area contributed by atoms with Crippen LogP contribution >= 0.6 is 0 Å². The Bertz CT molecular complexity index is 615. The van der Waals surface area contributed by atoms with Gasteiger partial charge < -0.3 is 10.2 Å². The largest absolute Gasteiger partial charge is 0.370 e. The Hall–Kier alpha value is -2.36. The van der Waals surface area contributed by atoms with Gasteiger partial charge in [-0.3, -0.25) is 4.79 Å². The molecule has 0 aliphatic heterocycles. The SMILES string of the molecule is CC(CNC(=O)Cc1ccccc1F)N(C)c1ccccc1. The maximum absolute atomic E-state index is 13.5. The van der Waals surface area contributed by atoms with Gasteiger partial charge in [0.25, 0.3) is 0 Å². The molecule has 0 spiro atoms. The van der Waals surface area contributed by atoms with Crippen LogP contribution < -0.4 is 10.2 Å². The number of halogens is 1. The van der Waals surface area contributed by atoms with Crippen LogP contribution in [0.5, 0.6) is 0 Å². The Morgan fingerprint density at radius 3 is 2.45 bits per heavy atom. The smallest absolute Gasteiger partial charge is 0.224 e. The summed E-state index contributed by atoms with van der Waals surface area (Å²) in [6, 6.07) is 16.5. The number of hydrogen-bond acceptors (Lipinski definition) is 2. The molecule has 0 heterocycles. The van der Waals surface area contributed by atoms with Crippen molar-refractivity contribution in [1.29, 1.82) is 0 Å². The van der Waals surface area contributed by atoms with Crippen LogP contribution in [0.1, 0.15) is 12.5 Å². The van der Waals surface area contributed by atoms with E-state index in [4.69, 9.17) is 0 Å². The molecule has 2 aromatic rings. The third kappa shape index (κ3) is 4.32. The van der Waals surface area contributed by atoms with Crippen LogP contribution in [0.15, 0.2) is 54.6 Å². The van der Waals surface area contributed by atoms with Crippen LogP contribution in [0.4, 0.5) is 10.1 Å². The highest BCUT2D eigenvalue weighted by Crippen LogP contribution is 2.13. The zero-order chi connectivity index (χ0) is 15.9. The molecule has 1 N–H and O–H groups in total. The summed E-state index contributed by atoms with van der Waals surface area (Å²) in [5.74, 6) is -0.509. The molecule has 116 valence electrons. The second kappa shape index (κ2) is 7.59. The highest BCUT2D eigenvalue weighted by atomic mass is 19.1. The minimum atomic E-state index is -0.341. The molecule has 22 heavy (non-hydrogen) atoms. The summed E-state index contributed by atoms with van der Waals surface area (Å²) < 4.78 is 13.5. The standard InChI is InChI=1S/C18H21FN2O/c1-14(21(2)16-9-4-3-5-10-16)13-20-18(22)12-15-8-6-7-11-17(15)19/h3-11,14H,12-13H2,1-2H3,(H,20,22). The summed E-state index contributed by atoms with van der Waals surface area (Å²) in [5.41, 5.74) is 1.52. The van der Waals surface area contributed by atoms with Crippen LogP contribution in [0.2, 0.25) is 0 Å². The van der Waals surface area contributed by atoms with Crippen molar-refractivity contribution in [2.45, 2.75) is 19.4 Å². The van der Waals surface area contributed by atoms with Gasteiger partial charge >= 0.3 is 0 Å². The Balaban J connectivity index is 1.84. The number of nitrogens with zero attached hydrogens (tertiary/aromatic N) is 1. The van der Waals surface area contributed by atoms with Gasteiger partial charge in [0.15, 0.2) is 0 Å². The van der Waals surface area contributed by atoms with E-state index < -0.39 is 0 Å². The number of anilines is 1. The van der Waals surface area contributed by atoms with Crippen molar-refractivity contribution in [2.24, 2.45) is 0 Å². The summed E-state index contributed by atoms with van der Waals surface area (Å²) in [6.07, 6.45) is 0.0639. The van der Waals surface area contributed by atoms with E-state index in [0.717, 1.165) is 5.69 Å². The molecule has 0 radical (unpaired) electrons. The van der Waals surface area contributed by atoms with E-state index in [1.807, 2.05) is 44.3 Å². The highest BCUT2D eigenvalue weighted by molar-refractivity contribution is 5.78. The number of likely N-dealkylation sites (N-methyl/N-ethyl adjacent to an activating group) is 1. The summed E-state index contributed by atoms with van der Waals surface area (Å²) in [7, 11) is 1.99. The number of amides is 1. The molecule has 4 heteroatoms. The minimum Gasteiger partial charge on any atom is -0.370 e. The minimum absolute atomic E-state index is 0.0639. The molecule has 1 unspecified atom stereocenters. The van der Waals surface area contributed by atoms with Crippen molar-refractivity contribution in [3.05, 3.63) is 66.0 Å². The lowest BCUT2D eigenvalue weighted by Crippen LogP contribution is -2.40. The maximum atomic E-state index is 13.5. The van der Waals surface area contributed by atoms with Crippen LogP contribution in [0, 0.1) is 5.82 Å². The normalized spacial score (nSPS) is 11.8. The predicted octanol–water partition coefficient (Wildman–Crippen LogP) is 3.01. The molecule has 0 bridgehead atoms. The van der Waals surface area contributed by atoms with Crippen molar-refractivity contribution in [3.8, 4) is 0 Å². The number of hydrogen-bond donors (Lipinski definition) is 1. The number of benzene rings is 2. The second-order valence-corrected chi connectivity index (χ2v) is 5.37. The van der Waals surface area contributed by atoms with E-state index in [1.54, 1.807) is 18.2 Å². The molecule has 1 atom stereocenters. The first-order valence-electron chi connectivity index (χ1n) is 7.36. The van der Waals surface area contributed by atoms with Crippen LogP contribution in [0.3, 0.4) is 0 Å². The monoisotopic (exact) mass is 300 g/mol. The first-order chi connectivity index (χ1) is 10.6. The third-order valence-corrected chi connectivity index (χ3v) is 3.73. The lowest BCUT2D eigenvalue weighted by molar-refractivity contribution is -0.120. The third-order valence-electron chi connectivity index (χ3n) is 3.73. The van der Waals surface area contributed by atoms with Crippen LogP contribution in [-0.4, -0.2) is 25.5 Å². The topological polar surface area (TPSA) is 32.3 Å². The van der Waals surface area contributed by atoms with Crippen molar-refractivity contribution in [1.82, 2.24) is 5.32 Å². The molecule has 1 amide bonds. The Morgan fingerprint density at radius 2 is 1.77 bits per heavy atom. The Morgan fingerprint density at radius 1 is 1.14 bits per heavy atom. The molecule has 0 saturated heterocycles. The molecular weight excluding hydrogens is 279 g/mol. The van der Waals surface area contributed by atoms with E-state index in [-0.39, 0.29) is 24.2 Å². The molecular formula is C18H21FN2O. The van der Waals surface area contributed by atoms with E-state index in [1.165, 1.54) is 6.07 Å². The predicted molar refractivity (Wildman–Crippen MR) is 87.4 cm³/mol. The van der Waals surface area contributed by atoms with Gasteiger partial charge in [-0.1, -0.05) is 36.4 Å². The van der Waals surface area contributed by atoms with E-state index >= 15 is 0 Å². The lowest BCUT2D eigenvalue weighted by atomic mass is 10.1. The number of carbonyl (C=O) groups is 1. The maximum Gasteiger partial charge on any atom is 0.224 e. The fraction of sp³-hybridized carbons (Fsp3) is 0.278. The quantitative estimate of drug-likeness (QED) is 0.889. The Kier molecular flexibility index (Phi) is 5.53. The van der Waals surface area contributed by atoms with E-state index in [2.05, 4.69) is 10.2 Å². The van der Waals surface area contributed by atoms with Gasteiger partial charge in [0.1, 0.15) is 5.82 Å².